The van der Waals surface area contributed by atoms with Crippen molar-refractivity contribution < 1.29 is 0 Å². The van der Waals surface area contributed by atoms with Crippen molar-refractivity contribution in [1.82, 2.24) is 0 Å². The van der Waals surface area contributed by atoms with E-state index >= 15 is 0 Å². The largest absolute Gasteiger partial charge is 0.333 e. The Labute approximate surface area is 75.6 Å². The van der Waals surface area contributed by atoms with Gasteiger partial charge in [0.2, 0.25) is 0 Å². The Hall–Kier alpha value is -0.820. The highest BCUT2D eigenvalue weighted by Gasteiger charge is 1.87. The molecule has 0 amide bonds. The summed E-state index contributed by atoms with van der Waals surface area (Å²) in [5, 5.41) is 0. The molecule has 1 aromatic rings. The molecule has 1 rings (SSSR count). The van der Waals surface area contributed by atoms with Crippen LogP contribution in [-0.2, 0) is 6.42 Å². The molecule has 12 heavy (non-hydrogen) atoms. The number of hydrogen-bond donors (Lipinski definition) is 1. The molecule has 1 heteroatoms. The van der Waals surface area contributed by atoms with Gasteiger partial charge in [0, 0.05) is 0 Å². The SMILES string of the molecule is CCCc1ccc(C)cc1.CN. The first-order chi connectivity index (χ1) is 5.83. The molecule has 0 unspecified atom stereocenters. The van der Waals surface area contributed by atoms with E-state index in [1.54, 1.807) is 0 Å². The molecule has 68 valence electrons. The zero-order chi connectivity index (χ0) is 9.40. The summed E-state index contributed by atoms with van der Waals surface area (Å²) in [5.41, 5.74) is 7.30. The zero-order valence-corrected chi connectivity index (χ0v) is 8.30. The summed E-state index contributed by atoms with van der Waals surface area (Å²) in [6, 6.07) is 8.76. The first-order valence-corrected chi connectivity index (χ1v) is 4.46. The van der Waals surface area contributed by atoms with E-state index in [1.165, 1.54) is 31.0 Å². The minimum atomic E-state index is 1.21. The van der Waals surface area contributed by atoms with Crippen LogP contribution in [0.15, 0.2) is 24.3 Å². The lowest BCUT2D eigenvalue weighted by molar-refractivity contribution is 0.921. The molecule has 0 saturated heterocycles. The molecular weight excluding hydrogens is 146 g/mol. The number of hydrogen-bond acceptors (Lipinski definition) is 1. The second kappa shape index (κ2) is 6.86. The van der Waals surface area contributed by atoms with Crippen molar-refractivity contribution in [2.75, 3.05) is 7.05 Å². The minimum absolute atomic E-state index is 1.21. The smallest absolute Gasteiger partial charge is 0.0195 e. The van der Waals surface area contributed by atoms with E-state index in [2.05, 4.69) is 43.8 Å². The zero-order valence-electron chi connectivity index (χ0n) is 8.30. The van der Waals surface area contributed by atoms with Crippen LogP contribution in [0.25, 0.3) is 0 Å². The summed E-state index contributed by atoms with van der Waals surface area (Å²) in [7, 11) is 1.50. The van der Waals surface area contributed by atoms with E-state index in [1.807, 2.05) is 0 Å². The van der Waals surface area contributed by atoms with Crippen molar-refractivity contribution in [2.24, 2.45) is 5.73 Å². The summed E-state index contributed by atoms with van der Waals surface area (Å²) >= 11 is 0. The van der Waals surface area contributed by atoms with Gasteiger partial charge in [0.05, 0.1) is 0 Å². The summed E-state index contributed by atoms with van der Waals surface area (Å²) in [6.07, 6.45) is 2.45. The van der Waals surface area contributed by atoms with Crippen LogP contribution in [0.4, 0.5) is 0 Å². The first-order valence-electron chi connectivity index (χ1n) is 4.46. The summed E-state index contributed by atoms with van der Waals surface area (Å²) in [6.45, 7) is 4.33. The molecule has 0 spiro atoms. The van der Waals surface area contributed by atoms with Gasteiger partial charge < -0.3 is 5.73 Å². The molecule has 0 aromatic heterocycles. The van der Waals surface area contributed by atoms with Gasteiger partial charge in [0.15, 0.2) is 0 Å². The maximum absolute atomic E-state index is 4.50. The molecule has 2 N–H and O–H groups in total. The fraction of sp³-hybridized carbons (Fsp3) is 0.455. The average molecular weight is 165 g/mol. The molecule has 1 aromatic carbocycles. The summed E-state index contributed by atoms with van der Waals surface area (Å²) in [4.78, 5) is 0. The van der Waals surface area contributed by atoms with Gasteiger partial charge in [0.1, 0.15) is 0 Å². The number of nitrogens with two attached hydrogens (primary N) is 1. The number of benzene rings is 1. The molecule has 0 heterocycles. The highest BCUT2D eigenvalue weighted by atomic mass is 14.4. The quantitative estimate of drug-likeness (QED) is 0.716. The van der Waals surface area contributed by atoms with E-state index in [-0.39, 0.29) is 0 Å². The van der Waals surface area contributed by atoms with Gasteiger partial charge in [-0.15, -0.1) is 0 Å². The molecule has 0 bridgehead atoms. The molecule has 0 radical (unpaired) electrons. The van der Waals surface area contributed by atoms with Gasteiger partial charge in [-0.2, -0.15) is 0 Å². The van der Waals surface area contributed by atoms with Crippen molar-refractivity contribution in [3.8, 4) is 0 Å². The third kappa shape index (κ3) is 4.14. The Kier molecular flexibility index (Phi) is 6.39. The maximum atomic E-state index is 4.50. The van der Waals surface area contributed by atoms with Crippen molar-refractivity contribution in [3.63, 3.8) is 0 Å². The van der Waals surface area contributed by atoms with Crippen LogP contribution in [0, 0.1) is 6.92 Å². The fourth-order valence-corrected chi connectivity index (χ4v) is 1.04. The maximum Gasteiger partial charge on any atom is -0.0195 e. The van der Waals surface area contributed by atoms with Gasteiger partial charge in [-0.25, -0.2) is 0 Å². The lowest BCUT2D eigenvalue weighted by Gasteiger charge is -1.97. The Morgan fingerprint density at radius 2 is 1.58 bits per heavy atom. The highest BCUT2D eigenvalue weighted by molar-refractivity contribution is 5.21. The predicted molar refractivity (Wildman–Crippen MR) is 55.3 cm³/mol. The molecular formula is C11H19N. The third-order valence-corrected chi connectivity index (χ3v) is 1.66. The van der Waals surface area contributed by atoms with E-state index in [9.17, 15) is 0 Å². The normalized spacial score (nSPS) is 8.67. The minimum Gasteiger partial charge on any atom is -0.333 e. The number of aryl methyl sites for hydroxylation is 2. The van der Waals surface area contributed by atoms with Crippen LogP contribution in [-0.4, -0.2) is 7.05 Å². The van der Waals surface area contributed by atoms with E-state index in [0.29, 0.717) is 0 Å². The monoisotopic (exact) mass is 165 g/mol. The van der Waals surface area contributed by atoms with Crippen LogP contribution in [0.1, 0.15) is 24.5 Å². The topological polar surface area (TPSA) is 26.0 Å². The lowest BCUT2D eigenvalue weighted by Crippen LogP contribution is -1.81. The molecule has 0 saturated carbocycles. The second-order valence-corrected chi connectivity index (χ2v) is 2.74. The van der Waals surface area contributed by atoms with Gasteiger partial charge in [-0.1, -0.05) is 43.2 Å². The van der Waals surface area contributed by atoms with Gasteiger partial charge >= 0.3 is 0 Å². The Bertz CT molecular complexity index is 189. The fourth-order valence-electron chi connectivity index (χ4n) is 1.04. The van der Waals surface area contributed by atoms with Crippen LogP contribution >= 0.6 is 0 Å². The Balaban J connectivity index is 0.000000561. The molecule has 0 atom stereocenters. The van der Waals surface area contributed by atoms with E-state index in [4.69, 9.17) is 0 Å². The predicted octanol–water partition coefficient (Wildman–Crippen LogP) is 2.52. The van der Waals surface area contributed by atoms with Gasteiger partial charge in [-0.05, 0) is 26.0 Å². The Morgan fingerprint density at radius 1 is 1.08 bits per heavy atom. The van der Waals surface area contributed by atoms with Crippen molar-refractivity contribution in [2.45, 2.75) is 26.7 Å². The average Bonchev–Trinajstić information content (AvgIpc) is 2.13. The van der Waals surface area contributed by atoms with E-state index < -0.39 is 0 Å². The first kappa shape index (κ1) is 11.2. The van der Waals surface area contributed by atoms with Crippen LogP contribution in [0.3, 0.4) is 0 Å². The lowest BCUT2D eigenvalue weighted by atomic mass is 10.1. The molecule has 0 aliphatic rings. The van der Waals surface area contributed by atoms with Crippen molar-refractivity contribution >= 4 is 0 Å². The molecule has 1 nitrogen and oxygen atoms in total. The van der Waals surface area contributed by atoms with Gasteiger partial charge in [0.25, 0.3) is 0 Å². The second-order valence-electron chi connectivity index (χ2n) is 2.74. The van der Waals surface area contributed by atoms with Crippen LogP contribution < -0.4 is 5.73 Å². The summed E-state index contributed by atoms with van der Waals surface area (Å²) in [5.74, 6) is 0. The van der Waals surface area contributed by atoms with Crippen molar-refractivity contribution in [3.05, 3.63) is 35.4 Å². The molecule has 0 fully saturated rings. The highest BCUT2D eigenvalue weighted by Crippen LogP contribution is 2.04. The van der Waals surface area contributed by atoms with Crippen LogP contribution in [0.5, 0.6) is 0 Å². The molecule has 0 aliphatic carbocycles. The molecule has 0 aliphatic heterocycles. The summed E-state index contributed by atoms with van der Waals surface area (Å²) < 4.78 is 0. The standard InChI is InChI=1S/C10H14.CH5N/c1-3-4-10-7-5-9(2)6-8-10;1-2/h5-8H,3-4H2,1-2H3;2H2,1H3. The van der Waals surface area contributed by atoms with E-state index in [0.717, 1.165) is 0 Å². The number of rotatable bonds is 2. The Morgan fingerprint density at radius 3 is 2.00 bits per heavy atom. The van der Waals surface area contributed by atoms with Gasteiger partial charge in [-0.3, -0.25) is 0 Å². The third-order valence-electron chi connectivity index (χ3n) is 1.66. The van der Waals surface area contributed by atoms with Crippen LogP contribution in [0.2, 0.25) is 0 Å². The van der Waals surface area contributed by atoms with Crippen molar-refractivity contribution in [1.29, 1.82) is 0 Å².